The number of rotatable bonds is 6. The van der Waals surface area contributed by atoms with Gasteiger partial charge in [-0.25, -0.2) is 9.50 Å². The van der Waals surface area contributed by atoms with Gasteiger partial charge in [0.05, 0.1) is 27.0 Å². The fourth-order valence-electron chi connectivity index (χ4n) is 3.21. The van der Waals surface area contributed by atoms with Gasteiger partial charge < -0.3 is 18.9 Å². The third-order valence-corrected chi connectivity index (χ3v) is 4.57. The van der Waals surface area contributed by atoms with E-state index in [1.165, 1.54) is 0 Å². The van der Waals surface area contributed by atoms with Crippen LogP contribution in [0.3, 0.4) is 0 Å². The molecule has 3 heterocycles. The van der Waals surface area contributed by atoms with E-state index in [9.17, 15) is 0 Å². The smallest absolute Gasteiger partial charge is 0.249 e. The van der Waals surface area contributed by atoms with Crippen LogP contribution in [0.1, 0.15) is 11.5 Å². The Kier molecular flexibility index (Phi) is 5.09. The van der Waals surface area contributed by atoms with Crippen LogP contribution >= 0.6 is 0 Å². The molecule has 0 radical (unpaired) electrons. The first-order valence-corrected chi connectivity index (χ1v) is 9.18. The van der Waals surface area contributed by atoms with Crippen LogP contribution in [0.2, 0.25) is 0 Å². The highest BCUT2D eigenvalue weighted by molar-refractivity contribution is 5.65. The standard InChI is InChI=1S/C21H21N5O4/c1-12-18-21(30-15-9-16(27-3)19(29-5)17(10-15)28-4)24-20(14-7-6-8-22-11-14)25-26(18)13(2)23-12/h6-11H,1-5H3. The first kappa shape index (κ1) is 19.4. The summed E-state index contributed by atoms with van der Waals surface area (Å²) in [5.41, 5.74) is 2.20. The Bertz CT molecular complexity index is 1180. The average molecular weight is 407 g/mol. The average Bonchev–Trinajstić information content (AvgIpc) is 3.07. The molecule has 0 unspecified atom stereocenters. The number of hydrogen-bond donors (Lipinski definition) is 0. The van der Waals surface area contributed by atoms with Gasteiger partial charge in [-0.1, -0.05) is 0 Å². The number of aryl methyl sites for hydroxylation is 2. The Labute approximate surface area is 173 Å². The lowest BCUT2D eigenvalue weighted by molar-refractivity contribution is 0.320. The van der Waals surface area contributed by atoms with Crippen molar-refractivity contribution in [1.29, 1.82) is 0 Å². The van der Waals surface area contributed by atoms with Gasteiger partial charge in [-0.2, -0.15) is 4.98 Å². The second-order valence-electron chi connectivity index (χ2n) is 6.45. The molecule has 9 nitrogen and oxygen atoms in total. The van der Waals surface area contributed by atoms with Crippen molar-refractivity contribution in [3.63, 3.8) is 0 Å². The Hall–Kier alpha value is -3.88. The summed E-state index contributed by atoms with van der Waals surface area (Å²) in [6.07, 6.45) is 3.39. The number of imidazole rings is 1. The second-order valence-corrected chi connectivity index (χ2v) is 6.45. The van der Waals surface area contributed by atoms with E-state index < -0.39 is 0 Å². The molecular formula is C21H21N5O4. The minimum absolute atomic E-state index is 0.358. The van der Waals surface area contributed by atoms with Crippen molar-refractivity contribution in [2.75, 3.05) is 21.3 Å². The predicted octanol–water partition coefficient (Wildman–Crippen LogP) is 3.62. The molecule has 30 heavy (non-hydrogen) atoms. The zero-order valence-electron chi connectivity index (χ0n) is 17.3. The van der Waals surface area contributed by atoms with Crippen LogP contribution in [-0.4, -0.2) is 45.9 Å². The fraction of sp³-hybridized carbons (Fsp3) is 0.238. The van der Waals surface area contributed by atoms with Crippen molar-refractivity contribution >= 4 is 5.52 Å². The van der Waals surface area contributed by atoms with E-state index in [0.717, 1.165) is 17.1 Å². The van der Waals surface area contributed by atoms with E-state index in [0.29, 0.717) is 40.2 Å². The summed E-state index contributed by atoms with van der Waals surface area (Å²) in [6.45, 7) is 3.76. The monoisotopic (exact) mass is 407 g/mol. The number of pyridine rings is 1. The molecule has 0 N–H and O–H groups in total. The maximum Gasteiger partial charge on any atom is 0.249 e. The van der Waals surface area contributed by atoms with Crippen LogP contribution in [0.5, 0.6) is 28.9 Å². The summed E-state index contributed by atoms with van der Waals surface area (Å²) in [7, 11) is 4.65. The number of nitrogens with zero attached hydrogens (tertiary/aromatic N) is 5. The number of fused-ring (bicyclic) bond motifs is 1. The number of aromatic nitrogens is 5. The normalized spacial score (nSPS) is 10.8. The molecule has 0 spiro atoms. The first-order chi connectivity index (χ1) is 14.5. The minimum atomic E-state index is 0.358. The quantitative estimate of drug-likeness (QED) is 0.478. The zero-order valence-corrected chi connectivity index (χ0v) is 17.3. The Morgan fingerprint density at radius 3 is 2.27 bits per heavy atom. The maximum atomic E-state index is 6.18. The molecule has 9 heteroatoms. The van der Waals surface area contributed by atoms with E-state index in [1.807, 2.05) is 26.0 Å². The molecule has 0 aliphatic rings. The van der Waals surface area contributed by atoms with Crippen LogP contribution in [0.25, 0.3) is 16.9 Å². The molecule has 0 fully saturated rings. The number of ether oxygens (including phenoxy) is 4. The highest BCUT2D eigenvalue weighted by atomic mass is 16.5. The predicted molar refractivity (Wildman–Crippen MR) is 110 cm³/mol. The van der Waals surface area contributed by atoms with Gasteiger partial charge >= 0.3 is 0 Å². The lowest BCUT2D eigenvalue weighted by Gasteiger charge is -2.15. The molecule has 0 atom stereocenters. The molecule has 0 aliphatic heterocycles. The van der Waals surface area contributed by atoms with Crippen molar-refractivity contribution < 1.29 is 18.9 Å². The number of methoxy groups -OCH3 is 3. The van der Waals surface area contributed by atoms with Crippen LogP contribution in [0.4, 0.5) is 0 Å². The third-order valence-electron chi connectivity index (χ3n) is 4.57. The van der Waals surface area contributed by atoms with E-state index in [-0.39, 0.29) is 0 Å². The second kappa shape index (κ2) is 7.86. The van der Waals surface area contributed by atoms with Gasteiger partial charge in [0.15, 0.2) is 22.8 Å². The summed E-state index contributed by atoms with van der Waals surface area (Å²) in [6, 6.07) is 7.13. The molecular weight excluding hydrogens is 386 g/mol. The Balaban J connectivity index is 1.88. The van der Waals surface area contributed by atoms with Gasteiger partial charge in [-0.15, -0.1) is 5.10 Å². The van der Waals surface area contributed by atoms with Crippen molar-refractivity contribution in [1.82, 2.24) is 24.6 Å². The van der Waals surface area contributed by atoms with Crippen molar-refractivity contribution in [2.24, 2.45) is 0 Å². The topological polar surface area (TPSA) is 92.9 Å². The molecule has 154 valence electrons. The molecule has 4 rings (SSSR count). The Morgan fingerprint density at radius 2 is 1.67 bits per heavy atom. The zero-order chi connectivity index (χ0) is 21.3. The van der Waals surface area contributed by atoms with Gasteiger partial charge in [0.25, 0.3) is 0 Å². The van der Waals surface area contributed by atoms with Gasteiger partial charge in [0.2, 0.25) is 11.6 Å². The van der Waals surface area contributed by atoms with E-state index in [4.69, 9.17) is 18.9 Å². The molecule has 0 bridgehead atoms. The highest BCUT2D eigenvalue weighted by Gasteiger charge is 2.20. The minimum Gasteiger partial charge on any atom is -0.493 e. The van der Waals surface area contributed by atoms with Gasteiger partial charge in [0, 0.05) is 30.1 Å². The Morgan fingerprint density at radius 1 is 0.933 bits per heavy atom. The van der Waals surface area contributed by atoms with Crippen LogP contribution < -0.4 is 18.9 Å². The summed E-state index contributed by atoms with van der Waals surface area (Å²) in [5.74, 6) is 3.46. The fourth-order valence-corrected chi connectivity index (χ4v) is 3.21. The maximum absolute atomic E-state index is 6.18. The summed E-state index contributed by atoms with van der Waals surface area (Å²) in [5, 5.41) is 4.62. The lowest BCUT2D eigenvalue weighted by Crippen LogP contribution is -2.03. The molecule has 3 aromatic heterocycles. The molecule has 0 saturated carbocycles. The largest absolute Gasteiger partial charge is 0.493 e. The van der Waals surface area contributed by atoms with Crippen LogP contribution in [0.15, 0.2) is 36.7 Å². The van der Waals surface area contributed by atoms with Gasteiger partial charge in [-0.3, -0.25) is 4.98 Å². The van der Waals surface area contributed by atoms with E-state index in [2.05, 4.69) is 20.1 Å². The SMILES string of the molecule is COc1cc(Oc2nc(-c3cccnc3)nn3c(C)nc(C)c23)cc(OC)c1OC. The summed E-state index contributed by atoms with van der Waals surface area (Å²) >= 11 is 0. The van der Waals surface area contributed by atoms with Crippen LogP contribution in [-0.2, 0) is 0 Å². The number of hydrogen-bond acceptors (Lipinski definition) is 8. The molecule has 0 amide bonds. The third kappa shape index (κ3) is 3.34. The van der Waals surface area contributed by atoms with E-state index >= 15 is 0 Å². The van der Waals surface area contributed by atoms with Crippen molar-refractivity contribution in [2.45, 2.75) is 13.8 Å². The van der Waals surface area contributed by atoms with Gasteiger partial charge in [-0.05, 0) is 26.0 Å². The van der Waals surface area contributed by atoms with Crippen molar-refractivity contribution in [3.8, 4) is 40.3 Å². The van der Waals surface area contributed by atoms with Crippen LogP contribution in [0, 0.1) is 13.8 Å². The van der Waals surface area contributed by atoms with Crippen molar-refractivity contribution in [3.05, 3.63) is 48.2 Å². The molecule has 1 aromatic carbocycles. The molecule has 0 saturated heterocycles. The molecule has 4 aromatic rings. The first-order valence-electron chi connectivity index (χ1n) is 9.18. The number of benzene rings is 1. The van der Waals surface area contributed by atoms with Gasteiger partial charge in [0.1, 0.15) is 11.6 Å². The summed E-state index contributed by atoms with van der Waals surface area (Å²) < 4.78 is 24.1. The lowest BCUT2D eigenvalue weighted by atomic mass is 10.2. The molecule has 0 aliphatic carbocycles. The summed E-state index contributed by atoms with van der Waals surface area (Å²) in [4.78, 5) is 13.3. The highest BCUT2D eigenvalue weighted by Crippen LogP contribution is 2.42. The van der Waals surface area contributed by atoms with E-state index in [1.54, 1.807) is 50.4 Å².